The molecule has 0 bridgehead atoms. The van der Waals surface area contributed by atoms with Crippen LogP contribution in [0.3, 0.4) is 0 Å². The van der Waals surface area contributed by atoms with Gasteiger partial charge < -0.3 is 15.2 Å². The van der Waals surface area contributed by atoms with Crippen molar-refractivity contribution < 1.29 is 9.47 Å². The molecule has 6 nitrogen and oxygen atoms in total. The van der Waals surface area contributed by atoms with E-state index in [0.717, 1.165) is 10.1 Å². The van der Waals surface area contributed by atoms with Crippen LogP contribution in [0.15, 0.2) is 23.1 Å². The summed E-state index contributed by atoms with van der Waals surface area (Å²) in [5, 5.41) is 1.46. The quantitative estimate of drug-likeness (QED) is 0.724. The van der Waals surface area contributed by atoms with Crippen LogP contribution in [-0.2, 0) is 0 Å². The van der Waals surface area contributed by atoms with E-state index in [1.54, 1.807) is 26.4 Å². The van der Waals surface area contributed by atoms with Crippen molar-refractivity contribution in [2.45, 2.75) is 0 Å². The average Bonchev–Trinajstić information content (AvgIpc) is 2.45. The van der Waals surface area contributed by atoms with Gasteiger partial charge in [0.05, 0.1) is 29.8 Å². The fraction of sp³-hybridized carbons (Fsp3) is 0.154. The van der Waals surface area contributed by atoms with Gasteiger partial charge in [-0.05, 0) is 6.07 Å². The molecule has 0 radical (unpaired) electrons. The van der Waals surface area contributed by atoms with Crippen molar-refractivity contribution >= 4 is 37.5 Å². The van der Waals surface area contributed by atoms with Gasteiger partial charge in [-0.15, -0.1) is 0 Å². The van der Waals surface area contributed by atoms with E-state index < -0.39 is 0 Å². The zero-order valence-electron chi connectivity index (χ0n) is 10.8. The Kier molecular flexibility index (Phi) is 2.90. The minimum atomic E-state index is -0.375. The second-order valence-corrected chi connectivity index (χ2v) is 5.11. The Bertz CT molecular complexity index is 876. The van der Waals surface area contributed by atoms with E-state index in [4.69, 9.17) is 15.2 Å². The van der Waals surface area contributed by atoms with Crippen molar-refractivity contribution in [3.8, 4) is 11.5 Å². The number of hydrogen-bond acceptors (Lipinski definition) is 7. The summed E-state index contributed by atoms with van der Waals surface area (Å²) in [6.07, 6.45) is 1.51. The summed E-state index contributed by atoms with van der Waals surface area (Å²) in [6, 6.07) is 3.56. The maximum Gasteiger partial charge on any atom is 0.282 e. The van der Waals surface area contributed by atoms with Crippen LogP contribution in [0.2, 0.25) is 0 Å². The van der Waals surface area contributed by atoms with Crippen molar-refractivity contribution in [3.05, 3.63) is 28.7 Å². The topological polar surface area (TPSA) is 87.3 Å². The fourth-order valence-corrected chi connectivity index (χ4v) is 2.91. The van der Waals surface area contributed by atoms with E-state index in [1.165, 1.54) is 17.5 Å². The Morgan fingerprint density at radius 2 is 1.85 bits per heavy atom. The molecule has 1 aromatic carbocycles. The van der Waals surface area contributed by atoms with E-state index in [9.17, 15) is 4.79 Å². The number of nitrogens with two attached hydrogens (primary N) is 1. The molecule has 0 amide bonds. The van der Waals surface area contributed by atoms with Crippen molar-refractivity contribution in [2.75, 3.05) is 20.0 Å². The first-order chi connectivity index (χ1) is 9.63. The number of rotatable bonds is 2. The van der Waals surface area contributed by atoms with E-state index >= 15 is 0 Å². The molecular formula is C13H11N3O3S. The Labute approximate surface area is 117 Å². The van der Waals surface area contributed by atoms with Crippen molar-refractivity contribution in [2.24, 2.45) is 0 Å². The van der Waals surface area contributed by atoms with Gasteiger partial charge in [-0.25, -0.2) is 0 Å². The van der Waals surface area contributed by atoms with E-state index in [0.29, 0.717) is 22.4 Å². The molecule has 0 atom stereocenters. The summed E-state index contributed by atoms with van der Waals surface area (Å²) in [4.78, 5) is 19.8. The number of pyridine rings is 1. The minimum Gasteiger partial charge on any atom is -0.493 e. The first-order valence-corrected chi connectivity index (χ1v) is 6.56. The molecule has 0 aliphatic carbocycles. The monoisotopic (exact) mass is 289 g/mol. The number of fused-ring (bicyclic) bond motifs is 3. The second-order valence-electron chi connectivity index (χ2n) is 4.08. The molecule has 102 valence electrons. The third kappa shape index (κ3) is 1.83. The zero-order valence-corrected chi connectivity index (χ0v) is 11.7. The zero-order chi connectivity index (χ0) is 14.3. The van der Waals surface area contributed by atoms with Gasteiger partial charge in [-0.2, -0.15) is 4.98 Å². The minimum absolute atomic E-state index is 0.227. The molecule has 0 fully saturated rings. The van der Waals surface area contributed by atoms with Gasteiger partial charge in [-0.1, -0.05) is 11.3 Å². The molecule has 0 saturated carbocycles. The van der Waals surface area contributed by atoms with E-state index in [-0.39, 0.29) is 10.7 Å². The fourth-order valence-electron chi connectivity index (χ4n) is 2.04. The molecule has 3 aromatic rings. The lowest BCUT2D eigenvalue weighted by Crippen LogP contribution is -2.07. The molecule has 0 saturated heterocycles. The average molecular weight is 289 g/mol. The van der Waals surface area contributed by atoms with Crippen LogP contribution in [-0.4, -0.2) is 24.2 Å². The van der Waals surface area contributed by atoms with E-state index in [2.05, 4.69) is 9.97 Å². The van der Waals surface area contributed by atoms with Crippen LogP contribution in [0.5, 0.6) is 11.5 Å². The normalized spacial score (nSPS) is 10.9. The molecule has 2 heterocycles. The van der Waals surface area contributed by atoms with Gasteiger partial charge in [0.15, 0.2) is 16.6 Å². The number of ether oxygens (including phenoxy) is 2. The SMILES string of the molecule is COc1cc2ncc3c(=O)nc(N)sc3c2cc1OC. The highest BCUT2D eigenvalue weighted by Gasteiger charge is 2.12. The standard InChI is InChI=1S/C13H11N3O3S/c1-18-9-3-6-8(4-10(9)19-2)15-5-7-11(6)20-13(14)16-12(7)17/h3-5H,1-2H3,(H2,14,16,17). The maximum absolute atomic E-state index is 11.8. The van der Waals surface area contributed by atoms with Gasteiger partial charge in [0.1, 0.15) is 0 Å². The van der Waals surface area contributed by atoms with Gasteiger partial charge in [0, 0.05) is 17.6 Å². The smallest absolute Gasteiger partial charge is 0.282 e. The summed E-state index contributed by atoms with van der Waals surface area (Å²) >= 11 is 1.25. The first kappa shape index (κ1) is 12.6. The highest BCUT2D eigenvalue weighted by molar-refractivity contribution is 7.22. The third-order valence-electron chi connectivity index (χ3n) is 2.97. The predicted octanol–water partition coefficient (Wildman–Crippen LogP) is 1.80. The van der Waals surface area contributed by atoms with Crippen LogP contribution < -0.4 is 20.8 Å². The summed E-state index contributed by atoms with van der Waals surface area (Å²) in [6.45, 7) is 0. The number of methoxy groups -OCH3 is 2. The predicted molar refractivity (Wildman–Crippen MR) is 78.7 cm³/mol. The molecular weight excluding hydrogens is 278 g/mol. The van der Waals surface area contributed by atoms with Gasteiger partial charge in [-0.3, -0.25) is 9.78 Å². The van der Waals surface area contributed by atoms with Crippen LogP contribution >= 0.6 is 11.3 Å². The van der Waals surface area contributed by atoms with Crippen molar-refractivity contribution in [1.82, 2.24) is 9.97 Å². The number of nitrogens with zero attached hydrogens (tertiary/aromatic N) is 2. The van der Waals surface area contributed by atoms with Crippen molar-refractivity contribution in [1.29, 1.82) is 0 Å². The number of aromatic nitrogens is 2. The summed E-state index contributed by atoms with van der Waals surface area (Å²) in [5.41, 5.74) is 6.00. The van der Waals surface area contributed by atoms with Crippen LogP contribution in [0.4, 0.5) is 5.13 Å². The number of anilines is 1. The highest BCUT2D eigenvalue weighted by atomic mass is 32.1. The molecule has 2 N–H and O–H groups in total. The summed E-state index contributed by atoms with van der Waals surface area (Å²) in [5.74, 6) is 1.16. The van der Waals surface area contributed by atoms with Gasteiger partial charge >= 0.3 is 0 Å². The summed E-state index contributed by atoms with van der Waals surface area (Å²) < 4.78 is 11.3. The highest BCUT2D eigenvalue weighted by Crippen LogP contribution is 2.35. The second kappa shape index (κ2) is 4.61. The van der Waals surface area contributed by atoms with Crippen molar-refractivity contribution in [3.63, 3.8) is 0 Å². The molecule has 0 aliphatic heterocycles. The molecule has 3 rings (SSSR count). The summed E-state index contributed by atoms with van der Waals surface area (Å²) in [7, 11) is 3.12. The number of hydrogen-bond donors (Lipinski definition) is 1. The molecule has 2 aromatic heterocycles. The number of nitrogen functional groups attached to an aromatic ring is 1. The Morgan fingerprint density at radius 1 is 1.15 bits per heavy atom. The lowest BCUT2D eigenvalue weighted by molar-refractivity contribution is 0.356. The third-order valence-corrected chi connectivity index (χ3v) is 3.92. The van der Waals surface area contributed by atoms with E-state index in [1.807, 2.05) is 0 Å². The molecule has 20 heavy (non-hydrogen) atoms. The molecule has 7 heteroatoms. The molecule has 0 spiro atoms. The van der Waals surface area contributed by atoms with Gasteiger partial charge in [0.2, 0.25) is 0 Å². The maximum atomic E-state index is 11.8. The lowest BCUT2D eigenvalue weighted by atomic mass is 10.1. The van der Waals surface area contributed by atoms with Crippen LogP contribution in [0, 0.1) is 0 Å². The molecule has 0 aliphatic rings. The van der Waals surface area contributed by atoms with Crippen LogP contribution in [0.25, 0.3) is 21.0 Å². The largest absolute Gasteiger partial charge is 0.493 e. The Hall–Kier alpha value is -2.41. The first-order valence-electron chi connectivity index (χ1n) is 5.75. The van der Waals surface area contributed by atoms with Gasteiger partial charge in [0.25, 0.3) is 5.56 Å². The number of benzene rings is 1. The molecule has 0 unspecified atom stereocenters. The van der Waals surface area contributed by atoms with Crippen LogP contribution in [0.1, 0.15) is 0 Å². The Morgan fingerprint density at radius 3 is 2.55 bits per heavy atom. The lowest BCUT2D eigenvalue weighted by Gasteiger charge is -2.09. The Balaban J connectivity index is 2.50.